The van der Waals surface area contributed by atoms with Crippen molar-refractivity contribution in [3.63, 3.8) is 0 Å². The van der Waals surface area contributed by atoms with Crippen LogP contribution in [-0.2, 0) is 11.3 Å². The van der Waals surface area contributed by atoms with Gasteiger partial charge in [0.2, 0.25) is 11.5 Å². The lowest BCUT2D eigenvalue weighted by atomic mass is 10.2. The van der Waals surface area contributed by atoms with E-state index in [2.05, 4.69) is 15.0 Å². The molecule has 1 N–H and O–H groups in total. The van der Waals surface area contributed by atoms with Gasteiger partial charge >= 0.3 is 5.97 Å². The second-order valence-electron chi connectivity index (χ2n) is 4.17. The van der Waals surface area contributed by atoms with E-state index in [9.17, 15) is 4.79 Å². The number of aromatic nitrogens is 4. The summed E-state index contributed by atoms with van der Waals surface area (Å²) in [7, 11) is 0. The Bertz CT molecular complexity index is 719. The largest absolute Gasteiger partial charge is 0.481 e. The molecule has 0 bridgehead atoms. The van der Waals surface area contributed by atoms with Crippen molar-refractivity contribution in [2.45, 2.75) is 13.0 Å². The van der Waals surface area contributed by atoms with Gasteiger partial charge in [0.25, 0.3) is 5.71 Å². The molecule has 7 nitrogen and oxygen atoms in total. The molecule has 3 aromatic rings. The lowest BCUT2D eigenvalue weighted by molar-refractivity contribution is -0.695. The van der Waals surface area contributed by atoms with E-state index >= 15 is 0 Å². The zero-order chi connectivity index (χ0) is 13.9. The first-order valence-corrected chi connectivity index (χ1v) is 6.01. The molecule has 0 aliphatic carbocycles. The Kier molecular flexibility index (Phi) is 3.08. The molecule has 0 aliphatic rings. The predicted molar refractivity (Wildman–Crippen MR) is 67.5 cm³/mol. The molecule has 3 rings (SSSR count). The van der Waals surface area contributed by atoms with Crippen LogP contribution < -0.4 is 4.57 Å². The van der Waals surface area contributed by atoms with E-state index in [0.29, 0.717) is 23.8 Å². The molecule has 0 amide bonds. The van der Waals surface area contributed by atoms with Gasteiger partial charge in [-0.3, -0.25) is 4.79 Å². The van der Waals surface area contributed by atoms with Gasteiger partial charge in [-0.05, 0) is 0 Å². The molecule has 0 atom stereocenters. The van der Waals surface area contributed by atoms with Crippen LogP contribution in [0.3, 0.4) is 0 Å². The average molecular weight is 271 g/mol. The average Bonchev–Trinajstić information content (AvgIpc) is 2.89. The fourth-order valence-electron chi connectivity index (χ4n) is 1.77. The Morgan fingerprint density at radius 1 is 1.25 bits per heavy atom. The molecule has 0 saturated carbocycles. The molecule has 0 spiro atoms. The first kappa shape index (κ1) is 12.2. The standard InChI is InChI=1S/C13H10N4O3/c18-10(19)3-8-17-6-1-9(2-7-17)12-16-11-13(20-12)15-5-4-14-11/h1-2,4-7H,3,8H2/p+1. The maximum Gasteiger partial charge on any atom is 0.309 e. The van der Waals surface area contributed by atoms with Crippen LogP contribution in [0.4, 0.5) is 0 Å². The van der Waals surface area contributed by atoms with Gasteiger partial charge in [0.15, 0.2) is 18.9 Å². The summed E-state index contributed by atoms with van der Waals surface area (Å²) >= 11 is 0. The number of pyridine rings is 1. The molecule has 0 unspecified atom stereocenters. The third-order valence-electron chi connectivity index (χ3n) is 2.77. The van der Waals surface area contributed by atoms with E-state index in [1.54, 1.807) is 29.4 Å². The first-order chi connectivity index (χ1) is 9.72. The lowest BCUT2D eigenvalue weighted by Crippen LogP contribution is -2.33. The third kappa shape index (κ3) is 2.46. The van der Waals surface area contributed by atoms with Crippen LogP contribution in [-0.4, -0.2) is 26.0 Å². The fourth-order valence-corrected chi connectivity index (χ4v) is 1.77. The lowest BCUT2D eigenvalue weighted by Gasteiger charge is -1.95. The van der Waals surface area contributed by atoms with Crippen molar-refractivity contribution in [1.29, 1.82) is 0 Å². The number of hydrogen-bond acceptors (Lipinski definition) is 5. The fraction of sp³-hybridized carbons (Fsp3) is 0.154. The molecule has 3 aromatic heterocycles. The predicted octanol–water partition coefficient (Wildman–Crippen LogP) is 1.05. The molecule has 0 aromatic carbocycles. The number of carboxylic acid groups (broad SMARTS) is 1. The minimum Gasteiger partial charge on any atom is -0.481 e. The van der Waals surface area contributed by atoms with Gasteiger partial charge in [0, 0.05) is 30.1 Å². The van der Waals surface area contributed by atoms with Gasteiger partial charge in [0.1, 0.15) is 6.42 Å². The van der Waals surface area contributed by atoms with Crippen molar-refractivity contribution in [2.75, 3.05) is 0 Å². The highest BCUT2D eigenvalue weighted by atomic mass is 16.4. The molecule has 20 heavy (non-hydrogen) atoms. The van der Waals surface area contributed by atoms with Crippen molar-refractivity contribution in [1.82, 2.24) is 15.0 Å². The minimum atomic E-state index is -0.822. The van der Waals surface area contributed by atoms with E-state index in [1.807, 2.05) is 12.1 Å². The van der Waals surface area contributed by atoms with Crippen LogP contribution in [0.15, 0.2) is 41.3 Å². The zero-order valence-corrected chi connectivity index (χ0v) is 10.4. The summed E-state index contributed by atoms with van der Waals surface area (Å²) in [6.07, 6.45) is 6.75. The quantitative estimate of drug-likeness (QED) is 0.713. The van der Waals surface area contributed by atoms with Crippen LogP contribution in [0.1, 0.15) is 6.42 Å². The number of rotatable bonds is 4. The van der Waals surface area contributed by atoms with E-state index < -0.39 is 5.97 Å². The number of carboxylic acids is 1. The smallest absolute Gasteiger partial charge is 0.309 e. The maximum absolute atomic E-state index is 10.5. The minimum absolute atomic E-state index is 0.0841. The molecule has 100 valence electrons. The summed E-state index contributed by atoms with van der Waals surface area (Å²) in [5.74, 6) is -0.380. The highest BCUT2D eigenvalue weighted by Crippen LogP contribution is 2.20. The van der Waals surface area contributed by atoms with Crippen LogP contribution in [0.5, 0.6) is 0 Å². The molecule has 0 fully saturated rings. The van der Waals surface area contributed by atoms with Gasteiger partial charge in [-0.15, -0.1) is 0 Å². The topological polar surface area (TPSA) is 93.0 Å². The maximum atomic E-state index is 10.5. The van der Waals surface area contributed by atoms with Gasteiger partial charge in [-0.25, -0.2) is 14.5 Å². The molecular weight excluding hydrogens is 260 g/mol. The molecule has 0 radical (unpaired) electrons. The Morgan fingerprint density at radius 3 is 2.70 bits per heavy atom. The van der Waals surface area contributed by atoms with Crippen molar-refractivity contribution in [3.05, 3.63) is 36.9 Å². The van der Waals surface area contributed by atoms with Gasteiger partial charge in [-0.1, -0.05) is 0 Å². The third-order valence-corrected chi connectivity index (χ3v) is 2.77. The number of oxazole rings is 1. The van der Waals surface area contributed by atoms with Crippen molar-refractivity contribution in [3.8, 4) is 11.5 Å². The number of nitrogens with zero attached hydrogens (tertiary/aromatic N) is 4. The summed E-state index contributed by atoms with van der Waals surface area (Å²) in [4.78, 5) is 22.8. The van der Waals surface area contributed by atoms with Crippen LogP contribution in [0, 0.1) is 0 Å². The molecule has 0 saturated heterocycles. The van der Waals surface area contributed by atoms with Crippen molar-refractivity contribution >= 4 is 17.3 Å². The molecule has 3 heterocycles. The second-order valence-corrected chi connectivity index (χ2v) is 4.17. The van der Waals surface area contributed by atoms with Gasteiger partial charge in [0.05, 0.1) is 0 Å². The summed E-state index contributed by atoms with van der Waals surface area (Å²) < 4.78 is 7.29. The normalized spacial score (nSPS) is 10.8. The Balaban J connectivity index is 1.85. The van der Waals surface area contributed by atoms with Crippen LogP contribution in [0.2, 0.25) is 0 Å². The number of carbonyl (C=O) groups is 1. The van der Waals surface area contributed by atoms with Gasteiger partial charge < -0.3 is 9.52 Å². The van der Waals surface area contributed by atoms with Crippen LogP contribution >= 0.6 is 0 Å². The summed E-state index contributed by atoms with van der Waals surface area (Å²) in [6, 6.07) is 3.62. The van der Waals surface area contributed by atoms with Crippen LogP contribution in [0.25, 0.3) is 22.8 Å². The Morgan fingerprint density at radius 2 is 2.00 bits per heavy atom. The summed E-state index contributed by atoms with van der Waals surface area (Å²) in [5.41, 5.74) is 1.64. The Hall–Kier alpha value is -2.83. The van der Waals surface area contributed by atoms with E-state index in [0.717, 1.165) is 5.56 Å². The monoisotopic (exact) mass is 271 g/mol. The summed E-state index contributed by atoms with van der Waals surface area (Å²) in [5, 5.41) is 8.64. The second kappa shape index (κ2) is 5.04. The molecule has 0 aliphatic heterocycles. The Labute approximate surface area is 113 Å². The molecular formula is C13H11N4O3+. The number of fused-ring (bicyclic) bond motifs is 1. The highest BCUT2D eigenvalue weighted by molar-refractivity contribution is 5.67. The van der Waals surface area contributed by atoms with Crippen molar-refractivity contribution in [2.24, 2.45) is 0 Å². The van der Waals surface area contributed by atoms with E-state index in [1.165, 1.54) is 0 Å². The van der Waals surface area contributed by atoms with Crippen molar-refractivity contribution < 1.29 is 18.9 Å². The number of aryl methyl sites for hydroxylation is 1. The highest BCUT2D eigenvalue weighted by Gasteiger charge is 2.11. The SMILES string of the molecule is O=C(O)CC[n+]1ccc(-c2nc3nccnc3o2)cc1. The number of aliphatic carboxylic acids is 1. The van der Waals surface area contributed by atoms with E-state index in [-0.39, 0.29) is 6.42 Å². The van der Waals surface area contributed by atoms with E-state index in [4.69, 9.17) is 9.52 Å². The summed E-state index contributed by atoms with van der Waals surface area (Å²) in [6.45, 7) is 0.423. The first-order valence-electron chi connectivity index (χ1n) is 6.01. The number of hydrogen-bond donors (Lipinski definition) is 1. The molecule has 7 heteroatoms. The zero-order valence-electron chi connectivity index (χ0n) is 10.4. The van der Waals surface area contributed by atoms with Gasteiger partial charge in [-0.2, -0.15) is 4.98 Å².